The minimum atomic E-state index is -0.717. The summed E-state index contributed by atoms with van der Waals surface area (Å²) in [6.45, 7) is 2.50. The molecule has 0 amide bonds. The van der Waals surface area contributed by atoms with Crippen molar-refractivity contribution in [2.24, 2.45) is 0 Å². The van der Waals surface area contributed by atoms with Crippen molar-refractivity contribution in [3.05, 3.63) is 35.9 Å². The lowest BCUT2D eigenvalue weighted by Gasteiger charge is -2.20. The summed E-state index contributed by atoms with van der Waals surface area (Å²) in [5.41, 5.74) is 0.973. The van der Waals surface area contributed by atoms with Crippen molar-refractivity contribution in [2.45, 2.75) is 32.2 Å². The molecule has 0 aliphatic carbocycles. The number of carbonyl (C=O) groups excluding carboxylic acids is 2. The van der Waals surface area contributed by atoms with E-state index in [-0.39, 0.29) is 0 Å². The van der Waals surface area contributed by atoms with Crippen LogP contribution in [0.1, 0.15) is 18.9 Å². The van der Waals surface area contributed by atoms with Crippen LogP contribution in [-0.4, -0.2) is 25.0 Å². The lowest BCUT2D eigenvalue weighted by atomic mass is 10.1. The Balaban J connectivity index is 2.51. The van der Waals surface area contributed by atoms with Crippen molar-refractivity contribution in [3.63, 3.8) is 0 Å². The molecule has 0 aliphatic rings. The number of rotatable bonds is 8. The van der Waals surface area contributed by atoms with Gasteiger partial charge in [0.2, 0.25) is 0 Å². The summed E-state index contributed by atoms with van der Waals surface area (Å²) in [4.78, 5) is 21.2. The Labute approximate surface area is 101 Å². The van der Waals surface area contributed by atoms with Crippen molar-refractivity contribution in [1.29, 1.82) is 0 Å². The van der Waals surface area contributed by atoms with E-state index in [2.05, 4.69) is 0 Å². The van der Waals surface area contributed by atoms with Gasteiger partial charge in [-0.25, -0.2) is 0 Å². The lowest BCUT2D eigenvalue weighted by molar-refractivity contribution is -0.147. The highest BCUT2D eigenvalue weighted by atomic mass is 16.6. The third-order valence-corrected chi connectivity index (χ3v) is 2.42. The molecule has 0 aliphatic heterocycles. The van der Waals surface area contributed by atoms with Gasteiger partial charge in [-0.3, -0.25) is 4.79 Å². The zero-order valence-electron chi connectivity index (χ0n) is 9.74. The maximum atomic E-state index is 10.9. The van der Waals surface area contributed by atoms with E-state index >= 15 is 0 Å². The molecule has 0 bridgehead atoms. The Morgan fingerprint density at radius 3 is 2.47 bits per heavy atom. The van der Waals surface area contributed by atoms with Crippen LogP contribution in [0.4, 0.5) is 0 Å². The molecule has 0 unspecified atom stereocenters. The van der Waals surface area contributed by atoms with Gasteiger partial charge < -0.3 is 14.3 Å². The van der Waals surface area contributed by atoms with Gasteiger partial charge in [-0.2, -0.15) is 0 Å². The number of hydrogen-bond donors (Lipinski definition) is 0. The molecule has 0 aromatic heterocycles. The third-order valence-electron chi connectivity index (χ3n) is 2.42. The van der Waals surface area contributed by atoms with Gasteiger partial charge in [0, 0.05) is 0 Å². The van der Waals surface area contributed by atoms with Crippen molar-refractivity contribution < 1.29 is 19.1 Å². The molecule has 0 heterocycles. The molecule has 4 heteroatoms. The van der Waals surface area contributed by atoms with Crippen molar-refractivity contribution in [2.75, 3.05) is 0 Å². The number of hydrogen-bond acceptors (Lipinski definition) is 4. The molecule has 0 saturated heterocycles. The summed E-state index contributed by atoms with van der Waals surface area (Å²) in [6, 6.07) is 9.51. The fourth-order valence-corrected chi connectivity index (χ4v) is 1.48. The third kappa shape index (κ3) is 4.36. The summed E-state index contributed by atoms with van der Waals surface area (Å²) in [5, 5.41) is 0. The fourth-order valence-electron chi connectivity index (χ4n) is 1.48. The maximum absolute atomic E-state index is 10.9. The summed E-state index contributed by atoms with van der Waals surface area (Å²) in [6.07, 6.45) is -0.0310. The van der Waals surface area contributed by atoms with E-state index in [1.807, 2.05) is 37.3 Å². The average molecular weight is 236 g/mol. The van der Waals surface area contributed by atoms with E-state index in [0.29, 0.717) is 25.8 Å². The molecule has 0 saturated carbocycles. The second-order valence-electron chi connectivity index (χ2n) is 3.58. The Hall–Kier alpha value is -1.68. The lowest BCUT2D eigenvalue weighted by Crippen LogP contribution is -2.32. The van der Waals surface area contributed by atoms with Crippen LogP contribution in [0.2, 0.25) is 0 Å². The second-order valence-corrected chi connectivity index (χ2v) is 3.58. The van der Waals surface area contributed by atoms with E-state index in [9.17, 15) is 9.59 Å². The molecule has 1 aromatic rings. The molecular formula is C13H16O4. The molecule has 0 radical (unpaired) electrons. The van der Waals surface area contributed by atoms with Gasteiger partial charge in [0.05, 0.1) is 6.61 Å². The summed E-state index contributed by atoms with van der Waals surface area (Å²) in [7, 11) is 0. The molecule has 92 valence electrons. The quantitative estimate of drug-likeness (QED) is 0.645. The van der Waals surface area contributed by atoms with Gasteiger partial charge >= 0.3 is 0 Å². The molecule has 0 fully saturated rings. The van der Waals surface area contributed by atoms with E-state index < -0.39 is 12.2 Å². The average Bonchev–Trinajstić information content (AvgIpc) is 2.39. The minimum absolute atomic E-state index is 0.322. The highest BCUT2D eigenvalue weighted by molar-refractivity contribution is 5.57. The summed E-state index contributed by atoms with van der Waals surface area (Å²) < 4.78 is 10.2. The molecule has 0 N–H and O–H groups in total. The Kier molecular flexibility index (Phi) is 5.96. The second kappa shape index (κ2) is 7.57. The maximum Gasteiger partial charge on any atom is 0.293 e. The summed E-state index contributed by atoms with van der Waals surface area (Å²) >= 11 is 0. The predicted molar refractivity (Wildman–Crippen MR) is 62.3 cm³/mol. The highest BCUT2D eigenvalue weighted by Crippen LogP contribution is 2.09. The highest BCUT2D eigenvalue weighted by Gasteiger charge is 2.21. The van der Waals surface area contributed by atoms with Crippen LogP contribution >= 0.6 is 0 Å². The van der Waals surface area contributed by atoms with Crippen LogP contribution in [0, 0.1) is 0 Å². The zero-order valence-corrected chi connectivity index (χ0v) is 9.74. The van der Waals surface area contributed by atoms with Crippen LogP contribution in [0.15, 0.2) is 30.3 Å². The standard InChI is InChI=1S/C13H16O4/c1-2-12(17-10-15)13(8-14)16-9-11-6-4-3-5-7-11/h3-8,10,12-13H,2,9H2,1H3/t12-,13+/m0/s1. The normalized spacial score (nSPS) is 13.7. The molecular weight excluding hydrogens is 220 g/mol. The smallest absolute Gasteiger partial charge is 0.293 e. The van der Waals surface area contributed by atoms with E-state index in [1.165, 1.54) is 0 Å². The molecule has 4 nitrogen and oxygen atoms in total. The molecule has 0 spiro atoms. The Morgan fingerprint density at radius 2 is 1.94 bits per heavy atom. The van der Waals surface area contributed by atoms with Crippen molar-refractivity contribution >= 4 is 12.8 Å². The first-order valence-corrected chi connectivity index (χ1v) is 5.51. The molecule has 17 heavy (non-hydrogen) atoms. The first-order chi connectivity index (χ1) is 8.31. The Bertz CT molecular complexity index is 337. The number of ether oxygens (including phenoxy) is 2. The SMILES string of the molecule is CC[C@H](OC=O)[C@@H](C=O)OCc1ccccc1. The Morgan fingerprint density at radius 1 is 1.24 bits per heavy atom. The number of carbonyl (C=O) groups is 2. The van der Waals surface area contributed by atoms with Gasteiger partial charge in [-0.05, 0) is 12.0 Å². The van der Waals surface area contributed by atoms with Crippen LogP contribution in [0.25, 0.3) is 0 Å². The van der Waals surface area contributed by atoms with E-state index in [4.69, 9.17) is 9.47 Å². The monoisotopic (exact) mass is 236 g/mol. The van der Waals surface area contributed by atoms with Gasteiger partial charge in [0.1, 0.15) is 12.2 Å². The van der Waals surface area contributed by atoms with Crippen LogP contribution in [0.5, 0.6) is 0 Å². The largest absolute Gasteiger partial charge is 0.461 e. The number of benzene rings is 1. The van der Waals surface area contributed by atoms with E-state index in [0.717, 1.165) is 5.56 Å². The topological polar surface area (TPSA) is 52.6 Å². The molecule has 2 atom stereocenters. The van der Waals surface area contributed by atoms with Gasteiger partial charge in [0.25, 0.3) is 6.47 Å². The predicted octanol–water partition coefficient (Wildman–Crippen LogP) is 1.72. The fraction of sp³-hybridized carbons (Fsp3) is 0.385. The van der Waals surface area contributed by atoms with Crippen LogP contribution in [-0.2, 0) is 25.7 Å². The van der Waals surface area contributed by atoms with Crippen molar-refractivity contribution in [1.82, 2.24) is 0 Å². The first-order valence-electron chi connectivity index (χ1n) is 5.51. The molecule has 1 aromatic carbocycles. The minimum Gasteiger partial charge on any atom is -0.461 e. The van der Waals surface area contributed by atoms with Crippen molar-refractivity contribution in [3.8, 4) is 0 Å². The number of aldehydes is 1. The van der Waals surface area contributed by atoms with Gasteiger partial charge in [0.15, 0.2) is 6.29 Å². The van der Waals surface area contributed by atoms with Gasteiger partial charge in [-0.15, -0.1) is 0 Å². The van der Waals surface area contributed by atoms with Crippen LogP contribution < -0.4 is 0 Å². The molecule has 1 rings (SSSR count). The van der Waals surface area contributed by atoms with E-state index in [1.54, 1.807) is 0 Å². The zero-order chi connectivity index (χ0) is 12.5. The van der Waals surface area contributed by atoms with Crippen LogP contribution in [0.3, 0.4) is 0 Å². The summed E-state index contributed by atoms with van der Waals surface area (Å²) in [5.74, 6) is 0. The first kappa shape index (κ1) is 13.4. The van der Waals surface area contributed by atoms with Gasteiger partial charge in [-0.1, -0.05) is 37.3 Å².